The van der Waals surface area contributed by atoms with Gasteiger partial charge in [-0.1, -0.05) is 13.3 Å². The van der Waals surface area contributed by atoms with Crippen LogP contribution in [0.1, 0.15) is 51.3 Å². The average Bonchev–Trinajstić information content (AvgIpc) is 2.99. The van der Waals surface area contributed by atoms with Crippen molar-refractivity contribution < 1.29 is 4.42 Å². The lowest BCUT2D eigenvalue weighted by Gasteiger charge is -2.50. The van der Waals surface area contributed by atoms with Crippen LogP contribution in [-0.2, 0) is 0 Å². The van der Waals surface area contributed by atoms with Crippen LogP contribution >= 0.6 is 0 Å². The molecule has 0 amide bonds. The summed E-state index contributed by atoms with van der Waals surface area (Å²) in [5.74, 6) is 1.11. The molecule has 3 rings (SSSR count). The molecule has 0 bridgehead atoms. The van der Waals surface area contributed by atoms with Gasteiger partial charge in [-0.25, -0.2) is 0 Å². The Morgan fingerprint density at radius 1 is 1.37 bits per heavy atom. The summed E-state index contributed by atoms with van der Waals surface area (Å²) < 4.78 is 5.62. The van der Waals surface area contributed by atoms with Gasteiger partial charge in [0.25, 0.3) is 0 Å². The number of hydrogen-bond acceptors (Lipinski definition) is 3. The fourth-order valence-corrected chi connectivity index (χ4v) is 3.81. The van der Waals surface area contributed by atoms with Crippen molar-refractivity contribution in [1.29, 1.82) is 0 Å². The maximum absolute atomic E-state index is 5.62. The highest BCUT2D eigenvalue weighted by atomic mass is 16.3. The lowest BCUT2D eigenvalue weighted by atomic mass is 9.94. The van der Waals surface area contributed by atoms with E-state index >= 15 is 0 Å². The molecule has 2 aliphatic rings. The summed E-state index contributed by atoms with van der Waals surface area (Å²) in [5, 5.41) is 0. The lowest BCUT2D eigenvalue weighted by Crippen LogP contribution is -2.59. The Balaban J connectivity index is 1.75. The molecular formula is C16H26N2O. The van der Waals surface area contributed by atoms with Crippen LogP contribution in [0.2, 0.25) is 0 Å². The maximum atomic E-state index is 5.62. The van der Waals surface area contributed by atoms with Crippen molar-refractivity contribution in [3.05, 3.63) is 24.2 Å². The van der Waals surface area contributed by atoms with E-state index in [9.17, 15) is 0 Å². The van der Waals surface area contributed by atoms with Gasteiger partial charge in [-0.3, -0.25) is 9.80 Å². The van der Waals surface area contributed by atoms with E-state index in [4.69, 9.17) is 4.42 Å². The summed E-state index contributed by atoms with van der Waals surface area (Å²) >= 11 is 0. The van der Waals surface area contributed by atoms with Gasteiger partial charge in [-0.2, -0.15) is 0 Å². The van der Waals surface area contributed by atoms with Gasteiger partial charge in [0, 0.05) is 25.2 Å². The maximum Gasteiger partial charge on any atom is 0.120 e. The van der Waals surface area contributed by atoms with E-state index in [1.165, 1.54) is 45.3 Å². The molecule has 0 N–H and O–H groups in total. The third kappa shape index (κ3) is 2.59. The minimum Gasteiger partial charge on any atom is -0.468 e. The second-order valence-electron chi connectivity index (χ2n) is 6.09. The van der Waals surface area contributed by atoms with Gasteiger partial charge in [0.1, 0.15) is 5.76 Å². The smallest absolute Gasteiger partial charge is 0.120 e. The first-order valence-corrected chi connectivity index (χ1v) is 7.82. The molecule has 0 radical (unpaired) electrons. The molecule has 0 saturated carbocycles. The number of piperidine rings is 1. The first-order chi connectivity index (χ1) is 9.29. The monoisotopic (exact) mass is 262 g/mol. The van der Waals surface area contributed by atoms with Crippen LogP contribution in [-0.4, -0.2) is 41.5 Å². The number of nitrogens with zero attached hydrogens (tertiary/aromatic N) is 2. The topological polar surface area (TPSA) is 19.6 Å². The molecule has 1 aromatic heterocycles. The minimum atomic E-state index is 0.407. The Hall–Kier alpha value is -0.800. The van der Waals surface area contributed by atoms with Gasteiger partial charge in [-0.15, -0.1) is 0 Å². The van der Waals surface area contributed by atoms with Crippen molar-refractivity contribution in [3.8, 4) is 0 Å². The second kappa shape index (κ2) is 5.68. The van der Waals surface area contributed by atoms with Gasteiger partial charge < -0.3 is 4.42 Å². The third-order valence-electron chi connectivity index (χ3n) is 5.01. The van der Waals surface area contributed by atoms with E-state index in [2.05, 4.69) is 29.7 Å². The first-order valence-electron chi connectivity index (χ1n) is 7.82. The molecule has 0 aromatic carbocycles. The predicted molar refractivity (Wildman–Crippen MR) is 77.1 cm³/mol. The lowest BCUT2D eigenvalue weighted by molar-refractivity contribution is -0.0165. The van der Waals surface area contributed by atoms with Crippen LogP contribution in [0.15, 0.2) is 22.8 Å². The molecule has 1 aromatic rings. The molecular weight excluding hydrogens is 236 g/mol. The number of piperazine rings is 1. The van der Waals surface area contributed by atoms with E-state index in [0.717, 1.165) is 11.8 Å². The Bertz CT molecular complexity index is 389. The molecule has 3 atom stereocenters. The molecule has 3 heterocycles. The molecule has 3 nitrogen and oxygen atoms in total. The molecule has 2 saturated heterocycles. The number of rotatable bonds is 3. The molecule has 106 valence electrons. The third-order valence-corrected chi connectivity index (χ3v) is 5.01. The fourth-order valence-electron chi connectivity index (χ4n) is 3.81. The van der Waals surface area contributed by atoms with Crippen LogP contribution in [0.25, 0.3) is 0 Å². The van der Waals surface area contributed by atoms with Crippen LogP contribution < -0.4 is 0 Å². The highest BCUT2D eigenvalue weighted by Gasteiger charge is 2.36. The zero-order valence-corrected chi connectivity index (χ0v) is 12.2. The van der Waals surface area contributed by atoms with Crippen LogP contribution in [0, 0.1) is 0 Å². The number of hydrogen-bond donors (Lipinski definition) is 0. The van der Waals surface area contributed by atoms with Crippen molar-refractivity contribution in [2.24, 2.45) is 0 Å². The van der Waals surface area contributed by atoms with Crippen LogP contribution in [0.5, 0.6) is 0 Å². The van der Waals surface area contributed by atoms with Crippen LogP contribution in [0.3, 0.4) is 0 Å². The van der Waals surface area contributed by atoms with Crippen molar-refractivity contribution in [2.75, 3.05) is 19.6 Å². The number of fused-ring (bicyclic) bond motifs is 1. The van der Waals surface area contributed by atoms with Gasteiger partial charge in [0.2, 0.25) is 0 Å². The summed E-state index contributed by atoms with van der Waals surface area (Å²) in [6.07, 6.45) is 7.19. The highest BCUT2D eigenvalue weighted by molar-refractivity contribution is 5.06. The molecule has 19 heavy (non-hydrogen) atoms. The molecule has 3 unspecified atom stereocenters. The SMILES string of the molecule is CCC1CN2CCCCC2CN1C(C)c1ccco1. The summed E-state index contributed by atoms with van der Waals surface area (Å²) in [5.41, 5.74) is 0. The molecule has 2 aliphatic heterocycles. The van der Waals surface area contributed by atoms with Gasteiger partial charge in [0.15, 0.2) is 0 Å². The largest absolute Gasteiger partial charge is 0.468 e. The van der Waals surface area contributed by atoms with Gasteiger partial charge in [0.05, 0.1) is 12.3 Å². The van der Waals surface area contributed by atoms with Crippen molar-refractivity contribution in [2.45, 2.75) is 57.7 Å². The van der Waals surface area contributed by atoms with Crippen LogP contribution in [0.4, 0.5) is 0 Å². The quantitative estimate of drug-likeness (QED) is 0.833. The standard InChI is InChI=1S/C16H26N2O/c1-3-14-11-17-9-5-4-7-15(17)12-18(14)13(2)16-8-6-10-19-16/h6,8,10,13-15H,3-5,7,9,11-12H2,1-2H3. The van der Waals surface area contributed by atoms with Gasteiger partial charge in [-0.05, 0) is 44.9 Å². The normalized spacial score (nSPS) is 31.1. The van der Waals surface area contributed by atoms with E-state index in [0.29, 0.717) is 12.1 Å². The number of furan rings is 1. The highest BCUT2D eigenvalue weighted by Crippen LogP contribution is 2.31. The Morgan fingerprint density at radius 2 is 2.26 bits per heavy atom. The van der Waals surface area contributed by atoms with E-state index in [1.54, 1.807) is 6.26 Å². The zero-order valence-electron chi connectivity index (χ0n) is 12.2. The summed E-state index contributed by atoms with van der Waals surface area (Å²) in [6.45, 7) is 8.37. The fraction of sp³-hybridized carbons (Fsp3) is 0.750. The van der Waals surface area contributed by atoms with E-state index < -0.39 is 0 Å². The Kier molecular flexibility index (Phi) is 3.94. The van der Waals surface area contributed by atoms with Crippen molar-refractivity contribution in [1.82, 2.24) is 9.80 Å². The first kappa shape index (κ1) is 13.2. The minimum absolute atomic E-state index is 0.407. The molecule has 0 spiro atoms. The van der Waals surface area contributed by atoms with Crippen molar-refractivity contribution >= 4 is 0 Å². The molecule has 3 heteroatoms. The van der Waals surface area contributed by atoms with Crippen molar-refractivity contribution in [3.63, 3.8) is 0 Å². The second-order valence-corrected chi connectivity index (χ2v) is 6.09. The van der Waals surface area contributed by atoms with E-state index in [-0.39, 0.29) is 0 Å². The average molecular weight is 262 g/mol. The molecule has 0 aliphatic carbocycles. The molecule has 2 fully saturated rings. The Labute approximate surface area is 116 Å². The summed E-state index contributed by atoms with van der Waals surface area (Å²) in [6, 6.07) is 5.97. The van der Waals surface area contributed by atoms with Gasteiger partial charge >= 0.3 is 0 Å². The Morgan fingerprint density at radius 3 is 3.00 bits per heavy atom. The predicted octanol–water partition coefficient (Wildman–Crippen LogP) is 3.29. The zero-order chi connectivity index (χ0) is 13.2. The van der Waals surface area contributed by atoms with E-state index in [1.807, 2.05) is 6.07 Å². The summed E-state index contributed by atoms with van der Waals surface area (Å²) in [7, 11) is 0. The summed E-state index contributed by atoms with van der Waals surface area (Å²) in [4.78, 5) is 5.40.